The summed E-state index contributed by atoms with van der Waals surface area (Å²) in [5.74, 6) is 2.14. The molecule has 4 heteroatoms. The highest BCUT2D eigenvalue weighted by Crippen LogP contribution is 2.10. The molecular formula is C12H9N3O. The summed E-state index contributed by atoms with van der Waals surface area (Å²) >= 11 is 0. The van der Waals surface area contributed by atoms with Gasteiger partial charge in [0.05, 0.1) is 17.6 Å². The van der Waals surface area contributed by atoms with Crippen molar-refractivity contribution in [3.63, 3.8) is 0 Å². The SMILES string of the molecule is C#CCNC(=O)c1ccc2nccnc2c1. The lowest BCUT2D eigenvalue weighted by Gasteiger charge is -2.02. The second kappa shape index (κ2) is 4.41. The van der Waals surface area contributed by atoms with Crippen molar-refractivity contribution >= 4 is 16.9 Å². The van der Waals surface area contributed by atoms with Crippen LogP contribution in [-0.4, -0.2) is 22.4 Å². The predicted molar refractivity (Wildman–Crippen MR) is 60.7 cm³/mol. The third kappa shape index (κ3) is 1.98. The van der Waals surface area contributed by atoms with Crippen molar-refractivity contribution < 1.29 is 4.79 Å². The number of hydrogen-bond acceptors (Lipinski definition) is 3. The standard InChI is InChI=1S/C12H9N3O/c1-2-5-15-12(16)9-3-4-10-11(8-9)14-7-6-13-10/h1,3-4,6-8H,5H2,(H,15,16). The van der Waals surface area contributed by atoms with E-state index in [4.69, 9.17) is 6.42 Å². The molecule has 1 aromatic carbocycles. The molecule has 16 heavy (non-hydrogen) atoms. The minimum absolute atomic E-state index is 0.203. The van der Waals surface area contributed by atoms with Crippen LogP contribution < -0.4 is 5.32 Å². The number of terminal acetylenes is 1. The molecule has 1 heterocycles. The molecular weight excluding hydrogens is 202 g/mol. The highest BCUT2D eigenvalue weighted by molar-refractivity contribution is 5.97. The summed E-state index contributed by atoms with van der Waals surface area (Å²) in [5.41, 5.74) is 1.98. The predicted octanol–water partition coefficient (Wildman–Crippen LogP) is 0.993. The summed E-state index contributed by atoms with van der Waals surface area (Å²) < 4.78 is 0. The normalized spacial score (nSPS) is 9.69. The first-order valence-corrected chi connectivity index (χ1v) is 4.73. The Morgan fingerprint density at radius 3 is 2.81 bits per heavy atom. The van der Waals surface area contributed by atoms with Gasteiger partial charge in [-0.05, 0) is 18.2 Å². The van der Waals surface area contributed by atoms with Gasteiger partial charge in [-0.25, -0.2) is 0 Å². The molecule has 1 aromatic heterocycles. The van der Waals surface area contributed by atoms with Gasteiger partial charge in [0.25, 0.3) is 5.91 Å². The molecule has 0 fully saturated rings. The number of fused-ring (bicyclic) bond motifs is 1. The van der Waals surface area contributed by atoms with Crippen molar-refractivity contribution in [3.05, 3.63) is 36.2 Å². The molecule has 0 aliphatic carbocycles. The molecule has 0 saturated heterocycles. The quantitative estimate of drug-likeness (QED) is 0.754. The van der Waals surface area contributed by atoms with Crippen LogP contribution in [0.25, 0.3) is 11.0 Å². The van der Waals surface area contributed by atoms with Crippen molar-refractivity contribution in [1.29, 1.82) is 0 Å². The fourth-order valence-corrected chi connectivity index (χ4v) is 1.34. The van der Waals surface area contributed by atoms with E-state index in [0.717, 1.165) is 5.52 Å². The summed E-state index contributed by atoms with van der Waals surface area (Å²) in [7, 11) is 0. The van der Waals surface area contributed by atoms with Gasteiger partial charge in [0, 0.05) is 18.0 Å². The molecule has 0 aliphatic rings. The lowest BCUT2D eigenvalue weighted by molar-refractivity contribution is 0.0959. The lowest BCUT2D eigenvalue weighted by atomic mass is 10.2. The maximum Gasteiger partial charge on any atom is 0.252 e. The van der Waals surface area contributed by atoms with Gasteiger partial charge in [-0.15, -0.1) is 6.42 Å². The average molecular weight is 211 g/mol. The van der Waals surface area contributed by atoms with E-state index in [1.807, 2.05) is 0 Å². The fraction of sp³-hybridized carbons (Fsp3) is 0.0833. The van der Waals surface area contributed by atoms with E-state index < -0.39 is 0 Å². The number of carbonyl (C=O) groups is 1. The van der Waals surface area contributed by atoms with Crippen LogP contribution in [0.5, 0.6) is 0 Å². The van der Waals surface area contributed by atoms with E-state index >= 15 is 0 Å². The Labute approximate surface area is 92.7 Å². The Kier molecular flexibility index (Phi) is 2.79. The number of nitrogens with zero attached hydrogens (tertiary/aromatic N) is 2. The van der Waals surface area contributed by atoms with Crippen molar-refractivity contribution in [2.75, 3.05) is 6.54 Å². The zero-order valence-corrected chi connectivity index (χ0v) is 8.47. The minimum Gasteiger partial charge on any atom is -0.341 e. The molecule has 0 aliphatic heterocycles. The van der Waals surface area contributed by atoms with E-state index in [2.05, 4.69) is 21.2 Å². The Morgan fingerprint density at radius 2 is 2.06 bits per heavy atom. The van der Waals surface area contributed by atoms with Gasteiger partial charge < -0.3 is 5.32 Å². The largest absolute Gasteiger partial charge is 0.341 e. The highest BCUT2D eigenvalue weighted by atomic mass is 16.1. The molecule has 0 atom stereocenters. The van der Waals surface area contributed by atoms with Gasteiger partial charge >= 0.3 is 0 Å². The van der Waals surface area contributed by atoms with Crippen LogP contribution >= 0.6 is 0 Å². The Bertz CT molecular complexity index is 572. The van der Waals surface area contributed by atoms with Crippen molar-refractivity contribution in [1.82, 2.24) is 15.3 Å². The van der Waals surface area contributed by atoms with E-state index in [0.29, 0.717) is 11.1 Å². The summed E-state index contributed by atoms with van der Waals surface area (Å²) in [6, 6.07) is 5.14. The Balaban J connectivity index is 2.33. The molecule has 0 unspecified atom stereocenters. The molecule has 2 aromatic rings. The van der Waals surface area contributed by atoms with E-state index in [1.165, 1.54) is 0 Å². The summed E-state index contributed by atoms with van der Waals surface area (Å²) in [6.45, 7) is 0.220. The fourth-order valence-electron chi connectivity index (χ4n) is 1.34. The van der Waals surface area contributed by atoms with Crippen molar-refractivity contribution in [2.45, 2.75) is 0 Å². The summed E-state index contributed by atoms with van der Waals surface area (Å²) in [6.07, 6.45) is 8.26. The summed E-state index contributed by atoms with van der Waals surface area (Å²) in [5, 5.41) is 2.59. The zero-order chi connectivity index (χ0) is 11.4. The van der Waals surface area contributed by atoms with Crippen LogP contribution in [0.1, 0.15) is 10.4 Å². The second-order valence-corrected chi connectivity index (χ2v) is 3.15. The van der Waals surface area contributed by atoms with Gasteiger partial charge in [0.2, 0.25) is 0 Å². The monoisotopic (exact) mass is 211 g/mol. The van der Waals surface area contributed by atoms with Gasteiger partial charge in [0.1, 0.15) is 0 Å². The molecule has 2 rings (SSSR count). The molecule has 0 radical (unpaired) electrons. The average Bonchev–Trinajstić information content (AvgIpc) is 2.35. The third-order valence-corrected chi connectivity index (χ3v) is 2.08. The summed E-state index contributed by atoms with van der Waals surface area (Å²) in [4.78, 5) is 19.8. The maximum absolute atomic E-state index is 11.6. The van der Waals surface area contributed by atoms with Crippen LogP contribution in [0.2, 0.25) is 0 Å². The van der Waals surface area contributed by atoms with E-state index in [9.17, 15) is 4.79 Å². The Hall–Kier alpha value is -2.41. The molecule has 1 N–H and O–H groups in total. The van der Waals surface area contributed by atoms with Gasteiger partial charge in [-0.1, -0.05) is 5.92 Å². The van der Waals surface area contributed by atoms with Crippen LogP contribution in [0, 0.1) is 12.3 Å². The number of aromatic nitrogens is 2. The minimum atomic E-state index is -0.203. The van der Waals surface area contributed by atoms with Crippen LogP contribution in [0.3, 0.4) is 0 Å². The molecule has 0 saturated carbocycles. The zero-order valence-electron chi connectivity index (χ0n) is 8.47. The van der Waals surface area contributed by atoms with Gasteiger partial charge in [-0.2, -0.15) is 0 Å². The highest BCUT2D eigenvalue weighted by Gasteiger charge is 2.05. The topological polar surface area (TPSA) is 54.9 Å². The first-order chi connectivity index (χ1) is 7.81. The molecule has 0 bridgehead atoms. The van der Waals surface area contributed by atoms with Crippen molar-refractivity contribution in [2.24, 2.45) is 0 Å². The number of nitrogens with one attached hydrogen (secondary N) is 1. The van der Waals surface area contributed by atoms with Crippen molar-refractivity contribution in [3.8, 4) is 12.3 Å². The molecule has 0 spiro atoms. The molecule has 1 amide bonds. The first-order valence-electron chi connectivity index (χ1n) is 4.73. The molecule has 78 valence electrons. The van der Waals surface area contributed by atoms with Gasteiger partial charge in [0.15, 0.2) is 0 Å². The first kappa shape index (κ1) is 10.1. The number of amides is 1. The van der Waals surface area contributed by atoms with E-state index in [-0.39, 0.29) is 12.5 Å². The Morgan fingerprint density at radius 1 is 1.31 bits per heavy atom. The number of rotatable bonds is 2. The van der Waals surface area contributed by atoms with Gasteiger partial charge in [-0.3, -0.25) is 14.8 Å². The molecule has 4 nitrogen and oxygen atoms in total. The third-order valence-electron chi connectivity index (χ3n) is 2.08. The number of carbonyl (C=O) groups excluding carboxylic acids is 1. The van der Waals surface area contributed by atoms with E-state index in [1.54, 1.807) is 30.6 Å². The second-order valence-electron chi connectivity index (χ2n) is 3.15. The van der Waals surface area contributed by atoms with Crippen LogP contribution in [0.15, 0.2) is 30.6 Å². The van der Waals surface area contributed by atoms with Crippen LogP contribution in [-0.2, 0) is 0 Å². The van der Waals surface area contributed by atoms with Crippen LogP contribution in [0.4, 0.5) is 0 Å². The maximum atomic E-state index is 11.6. The number of benzene rings is 1. The smallest absolute Gasteiger partial charge is 0.252 e. The lowest BCUT2D eigenvalue weighted by Crippen LogP contribution is -2.23. The number of hydrogen-bond donors (Lipinski definition) is 1.